The fraction of sp³-hybridized carbons (Fsp3) is 0. The monoisotopic (exact) mass is 114 g/mol. The first-order valence-electron chi connectivity index (χ1n) is 0.200. The van der Waals surface area contributed by atoms with Crippen LogP contribution in [0.25, 0.3) is 0 Å². The van der Waals surface area contributed by atoms with E-state index in [9.17, 15) is 0 Å². The molecule has 0 aliphatic carbocycles. The van der Waals surface area contributed by atoms with E-state index in [0.717, 1.165) is 0 Å². The van der Waals surface area contributed by atoms with Crippen molar-refractivity contribution in [3.8, 4) is 0 Å². The molecule has 0 aromatic heterocycles. The first-order valence-corrected chi connectivity index (χ1v) is 1.80. The summed E-state index contributed by atoms with van der Waals surface area (Å²) in [6.07, 6.45) is 0. The Balaban J connectivity index is -0.00000000500. The molecule has 0 rings (SSSR count). The summed E-state index contributed by atoms with van der Waals surface area (Å²) in [6.45, 7) is 0. The summed E-state index contributed by atoms with van der Waals surface area (Å²) in [6, 6.07) is 0. The molecule has 0 atom stereocenters. The minimum atomic E-state index is 0. The maximum absolute atomic E-state index is 3.22. The van der Waals surface area contributed by atoms with E-state index >= 15 is 0 Å². The Morgan fingerprint density at radius 2 is 0.750 bits per heavy atom. The molecule has 0 bridgehead atoms. The van der Waals surface area contributed by atoms with E-state index in [4.69, 9.17) is 0 Å². The van der Waals surface area contributed by atoms with Crippen molar-refractivity contribution in [2.24, 2.45) is 0 Å². The van der Waals surface area contributed by atoms with Crippen molar-refractivity contribution in [2.45, 2.75) is 0 Å². The molecule has 0 N–H and O–H groups in total. The molecule has 0 radical (unpaired) electrons. The molecule has 0 nitrogen and oxygen atoms in total. The number of rotatable bonds is 0. The third kappa shape index (κ3) is 8.83. The van der Waals surface area contributed by atoms with Crippen molar-refractivity contribution in [3.63, 3.8) is 0 Å². The zero-order valence-corrected chi connectivity index (χ0v) is 2.68. The van der Waals surface area contributed by atoms with Gasteiger partial charge in [0.05, 0.1) is 0 Å². The molecule has 0 aromatic rings. The third-order valence-corrected chi connectivity index (χ3v) is 0. The average Bonchev–Trinajstić information content (AvgIpc) is 1.00. The Hall–Kier alpha value is 2.70. The summed E-state index contributed by atoms with van der Waals surface area (Å²) in [4.78, 5) is 0. The van der Waals surface area contributed by atoms with Gasteiger partial charge in [-0.1, -0.05) is 0 Å². The summed E-state index contributed by atoms with van der Waals surface area (Å²) in [5.41, 5.74) is 0. The summed E-state index contributed by atoms with van der Waals surface area (Å²) in [5.74, 6) is 0. The number of hydrogen-bond acceptors (Lipinski definition) is 2. The van der Waals surface area contributed by atoms with E-state index in [2.05, 4.69) is 23.3 Å². The van der Waals surface area contributed by atoms with Crippen LogP contribution in [0.5, 0.6) is 0 Å². The zero-order chi connectivity index (χ0) is 2.00. The van der Waals surface area contributed by atoms with Crippen molar-refractivity contribution in [3.05, 3.63) is 0 Å². The van der Waals surface area contributed by atoms with Gasteiger partial charge < -0.3 is 0 Å². The summed E-state index contributed by atoms with van der Waals surface area (Å²) in [5, 5.41) is 0. The van der Waals surface area contributed by atoms with Gasteiger partial charge in [-0.05, 0) is 0 Å². The van der Waals surface area contributed by atoms with Gasteiger partial charge in [0.2, 0.25) is 0 Å². The van der Waals surface area contributed by atoms with Gasteiger partial charge in [0.1, 0.15) is 0 Å². The molecule has 18 valence electrons. The van der Waals surface area contributed by atoms with Crippen molar-refractivity contribution in [2.75, 3.05) is 0 Å². The second-order valence-electron chi connectivity index (χ2n) is 0. The van der Waals surface area contributed by atoms with Gasteiger partial charge in [-0.15, -0.1) is 23.3 Å². The summed E-state index contributed by atoms with van der Waals surface area (Å²) < 4.78 is 0. The molecular weight excluding hydrogens is 110 g/mol. The molecule has 0 spiro atoms. The first-order chi connectivity index (χ1) is 1.00. The summed E-state index contributed by atoms with van der Waals surface area (Å²) >= 11 is 6.44. The van der Waals surface area contributed by atoms with E-state index in [1.165, 1.54) is 0 Å². The third-order valence-electron chi connectivity index (χ3n) is 0. The molecule has 4 heteroatoms. The fourth-order valence-corrected chi connectivity index (χ4v) is 0. The second kappa shape index (κ2) is 17.3. The van der Waals surface area contributed by atoms with Crippen LogP contribution < -0.4 is 0 Å². The SMILES string of the molecule is SS.[NaH].[NaH]. The Morgan fingerprint density at radius 3 is 0.750 bits per heavy atom. The van der Waals surface area contributed by atoms with Gasteiger partial charge in [0.25, 0.3) is 0 Å². The zero-order valence-electron chi connectivity index (χ0n) is 0.894. The van der Waals surface area contributed by atoms with Gasteiger partial charge >= 0.3 is 59.1 Å². The van der Waals surface area contributed by atoms with E-state index in [1.54, 1.807) is 0 Å². The molecule has 0 saturated carbocycles. The Labute approximate surface area is 80.9 Å². The predicted molar refractivity (Wildman–Crippen MR) is 32.3 cm³/mol. The standard InChI is InChI=1S/2Na.H2S2.2H/c;;1-2;;/h;;1-2H;;. The molecule has 0 amide bonds. The van der Waals surface area contributed by atoms with Crippen LogP contribution in [0.15, 0.2) is 0 Å². The molecule has 0 aliphatic rings. The molecular formula is H4Na2S2. The van der Waals surface area contributed by atoms with Gasteiger partial charge in [-0.3, -0.25) is 0 Å². The van der Waals surface area contributed by atoms with Gasteiger partial charge in [-0.25, -0.2) is 0 Å². The van der Waals surface area contributed by atoms with Crippen LogP contribution in [-0.2, 0) is 0 Å². The van der Waals surface area contributed by atoms with E-state index < -0.39 is 0 Å². The number of hydrogen-bond donors (Lipinski definition) is 2. The molecule has 0 fully saturated rings. The Kier molecular flexibility index (Phi) is 68.7. The second-order valence-corrected chi connectivity index (χ2v) is 0. The topological polar surface area (TPSA) is 0 Å². The van der Waals surface area contributed by atoms with Crippen LogP contribution in [0.3, 0.4) is 0 Å². The van der Waals surface area contributed by atoms with E-state index in [1.807, 2.05) is 0 Å². The molecule has 4 heavy (non-hydrogen) atoms. The minimum absolute atomic E-state index is 0. The van der Waals surface area contributed by atoms with Crippen LogP contribution in [0.2, 0.25) is 0 Å². The molecule has 0 heterocycles. The van der Waals surface area contributed by atoms with Crippen molar-refractivity contribution >= 4 is 82.4 Å². The normalized spacial score (nSPS) is 1.50. The Bertz CT molecular complexity index is 4.00. The quantitative estimate of drug-likeness (QED) is 0.236. The maximum atomic E-state index is 3.22. The van der Waals surface area contributed by atoms with Crippen LogP contribution >= 0.6 is 23.3 Å². The first kappa shape index (κ1) is 15.9. The van der Waals surface area contributed by atoms with Crippen LogP contribution in [0, 0.1) is 0 Å². The van der Waals surface area contributed by atoms with Crippen molar-refractivity contribution < 1.29 is 0 Å². The van der Waals surface area contributed by atoms with Gasteiger partial charge in [0.15, 0.2) is 0 Å². The van der Waals surface area contributed by atoms with Crippen LogP contribution in [0.4, 0.5) is 0 Å². The van der Waals surface area contributed by atoms with Crippen LogP contribution in [0.1, 0.15) is 0 Å². The average molecular weight is 114 g/mol. The Morgan fingerprint density at radius 1 is 0.750 bits per heavy atom. The molecule has 0 aromatic carbocycles. The number of thiol groups is 2. The summed E-state index contributed by atoms with van der Waals surface area (Å²) in [7, 11) is 0. The van der Waals surface area contributed by atoms with Crippen LogP contribution in [-0.4, -0.2) is 59.1 Å². The predicted octanol–water partition coefficient (Wildman–Crippen LogP) is -0.536. The van der Waals surface area contributed by atoms with Crippen molar-refractivity contribution in [1.29, 1.82) is 0 Å². The fourth-order valence-electron chi connectivity index (χ4n) is 0. The van der Waals surface area contributed by atoms with E-state index in [0.29, 0.717) is 0 Å². The molecule has 0 aliphatic heterocycles. The molecule has 0 unspecified atom stereocenters. The van der Waals surface area contributed by atoms with E-state index in [-0.39, 0.29) is 59.1 Å². The molecule has 0 saturated heterocycles. The van der Waals surface area contributed by atoms with Gasteiger partial charge in [0, 0.05) is 0 Å². The van der Waals surface area contributed by atoms with Crippen molar-refractivity contribution in [1.82, 2.24) is 0 Å². The van der Waals surface area contributed by atoms with Gasteiger partial charge in [-0.2, -0.15) is 0 Å².